The van der Waals surface area contributed by atoms with Gasteiger partial charge >= 0.3 is 0 Å². The van der Waals surface area contributed by atoms with Gasteiger partial charge in [0, 0.05) is 5.56 Å². The van der Waals surface area contributed by atoms with Gasteiger partial charge in [0.25, 0.3) is 0 Å². The molecule has 0 aliphatic heterocycles. The molecular weight excluding hydrogens is 364 g/mol. The first-order valence-corrected chi connectivity index (χ1v) is 9.30. The summed E-state index contributed by atoms with van der Waals surface area (Å²) in [6.07, 6.45) is 3.37. The molecule has 4 nitrogen and oxygen atoms in total. The smallest absolute Gasteiger partial charge is 0.174 e. The lowest BCUT2D eigenvalue weighted by Crippen LogP contribution is -2.25. The maximum absolute atomic E-state index is 13.0. The van der Waals surface area contributed by atoms with Crippen LogP contribution >= 0.6 is 0 Å². The molecule has 3 aromatic rings. The first kappa shape index (κ1) is 20.1. The van der Waals surface area contributed by atoms with Crippen molar-refractivity contribution in [3.63, 3.8) is 0 Å². The molecule has 0 aromatic heterocycles. The zero-order valence-electron chi connectivity index (χ0n) is 16.1. The van der Waals surface area contributed by atoms with Gasteiger partial charge in [-0.15, -0.1) is 0 Å². The molecule has 0 radical (unpaired) electrons. The van der Waals surface area contributed by atoms with Crippen molar-refractivity contribution in [1.29, 1.82) is 0 Å². The summed E-state index contributed by atoms with van der Waals surface area (Å²) in [4.78, 5) is 26.0. The fourth-order valence-corrected chi connectivity index (χ4v) is 3.07. The lowest BCUT2D eigenvalue weighted by molar-refractivity contribution is -0.116. The number of methoxy groups -OCH3 is 1. The number of Topliss-reactive ketones (excluding diaryl/α,β-unsaturated/α-hetero) is 1. The third kappa shape index (κ3) is 5.20. The van der Waals surface area contributed by atoms with Crippen molar-refractivity contribution in [1.82, 2.24) is 0 Å². The molecule has 0 spiro atoms. The van der Waals surface area contributed by atoms with Crippen molar-refractivity contribution in [2.45, 2.75) is 6.42 Å². The van der Waals surface area contributed by atoms with Crippen LogP contribution in [0.1, 0.15) is 21.5 Å². The number of rotatable bonds is 8. The molecule has 0 saturated heterocycles. The lowest BCUT2D eigenvalue weighted by Gasteiger charge is -2.13. The normalized spacial score (nSPS) is 11.9. The average Bonchev–Trinajstić information content (AvgIpc) is 2.77. The molecular formula is C25H22O4. The van der Waals surface area contributed by atoms with Crippen molar-refractivity contribution >= 4 is 17.6 Å². The zero-order valence-corrected chi connectivity index (χ0v) is 16.1. The van der Waals surface area contributed by atoms with Crippen molar-refractivity contribution in [2.24, 2.45) is 5.92 Å². The molecule has 1 atom stereocenters. The maximum atomic E-state index is 13.0. The fraction of sp³-hybridized carbons (Fsp3) is 0.120. The van der Waals surface area contributed by atoms with Crippen LogP contribution in [-0.4, -0.2) is 23.8 Å². The molecule has 1 N–H and O–H groups in total. The monoisotopic (exact) mass is 386 g/mol. The SMILES string of the molecule is COc1cc(C=CC(=O)C(Cc2ccccc2)C(=O)c2ccccc2)ccc1O. The first-order chi connectivity index (χ1) is 14.1. The number of phenols is 1. The van der Waals surface area contributed by atoms with Gasteiger partial charge in [-0.25, -0.2) is 0 Å². The summed E-state index contributed by atoms with van der Waals surface area (Å²) in [7, 11) is 1.46. The van der Waals surface area contributed by atoms with Gasteiger partial charge in [-0.1, -0.05) is 72.8 Å². The topological polar surface area (TPSA) is 63.6 Å². The number of hydrogen-bond acceptors (Lipinski definition) is 4. The molecule has 146 valence electrons. The molecule has 0 heterocycles. The molecule has 0 aliphatic carbocycles. The van der Waals surface area contributed by atoms with Gasteiger partial charge in [0.2, 0.25) is 0 Å². The standard InChI is InChI=1S/C25H22O4/c1-29-24-17-19(13-15-23(24)27)12-14-22(26)21(16-18-8-4-2-5-9-18)25(28)20-10-6-3-7-11-20/h2-15,17,21,27H,16H2,1H3. The molecule has 0 aliphatic rings. The predicted molar refractivity (Wildman–Crippen MR) is 113 cm³/mol. The number of carbonyl (C=O) groups excluding carboxylic acids is 2. The second kappa shape index (κ2) is 9.51. The van der Waals surface area contributed by atoms with Gasteiger partial charge in [-0.3, -0.25) is 9.59 Å². The van der Waals surface area contributed by atoms with Gasteiger partial charge < -0.3 is 9.84 Å². The second-order valence-electron chi connectivity index (χ2n) is 6.64. The second-order valence-corrected chi connectivity index (χ2v) is 6.64. The fourth-order valence-electron chi connectivity index (χ4n) is 3.07. The number of phenolic OH excluding ortho intramolecular Hbond substituents is 1. The van der Waals surface area contributed by atoms with Crippen LogP contribution < -0.4 is 4.74 Å². The molecule has 0 amide bonds. The summed E-state index contributed by atoms with van der Waals surface area (Å²) in [6, 6.07) is 23.2. The number of benzene rings is 3. The summed E-state index contributed by atoms with van der Waals surface area (Å²) in [6.45, 7) is 0. The van der Waals surface area contributed by atoms with E-state index in [-0.39, 0.29) is 17.3 Å². The molecule has 3 aromatic carbocycles. The molecule has 29 heavy (non-hydrogen) atoms. The van der Waals surface area contributed by atoms with E-state index < -0.39 is 5.92 Å². The molecule has 4 heteroatoms. The van der Waals surface area contributed by atoms with E-state index >= 15 is 0 Å². The number of hydrogen-bond donors (Lipinski definition) is 1. The van der Waals surface area contributed by atoms with E-state index in [4.69, 9.17) is 4.74 Å². The minimum atomic E-state index is -0.810. The molecule has 1 unspecified atom stereocenters. The highest BCUT2D eigenvalue weighted by Crippen LogP contribution is 2.27. The Morgan fingerprint density at radius 2 is 1.62 bits per heavy atom. The maximum Gasteiger partial charge on any atom is 0.174 e. The molecule has 0 bridgehead atoms. The Labute approximate surface area is 170 Å². The highest BCUT2D eigenvalue weighted by Gasteiger charge is 2.26. The third-order valence-corrected chi connectivity index (χ3v) is 4.64. The molecule has 0 saturated carbocycles. The van der Waals surface area contributed by atoms with E-state index in [1.807, 2.05) is 36.4 Å². The van der Waals surface area contributed by atoms with E-state index in [0.29, 0.717) is 23.3 Å². The summed E-state index contributed by atoms with van der Waals surface area (Å²) in [5, 5.41) is 9.70. The van der Waals surface area contributed by atoms with Crippen molar-refractivity contribution in [3.05, 3.63) is 102 Å². The number of ether oxygens (including phenoxy) is 1. The highest BCUT2D eigenvalue weighted by atomic mass is 16.5. The van der Waals surface area contributed by atoms with Crippen LogP contribution in [0.2, 0.25) is 0 Å². The van der Waals surface area contributed by atoms with E-state index in [1.54, 1.807) is 42.5 Å². The molecule has 3 rings (SSSR count). The van der Waals surface area contributed by atoms with E-state index in [2.05, 4.69) is 0 Å². The Balaban J connectivity index is 1.86. The van der Waals surface area contributed by atoms with Crippen LogP contribution in [0.5, 0.6) is 11.5 Å². The molecule has 0 fully saturated rings. The summed E-state index contributed by atoms with van der Waals surface area (Å²) in [5.41, 5.74) is 2.13. The Morgan fingerprint density at radius 1 is 0.966 bits per heavy atom. The average molecular weight is 386 g/mol. The van der Waals surface area contributed by atoms with Crippen LogP contribution in [0.4, 0.5) is 0 Å². The van der Waals surface area contributed by atoms with Crippen LogP contribution in [-0.2, 0) is 11.2 Å². The summed E-state index contributed by atoms with van der Waals surface area (Å²) >= 11 is 0. The van der Waals surface area contributed by atoms with Crippen molar-refractivity contribution < 1.29 is 19.4 Å². The largest absolute Gasteiger partial charge is 0.504 e. The van der Waals surface area contributed by atoms with Gasteiger partial charge in [0.15, 0.2) is 23.1 Å². The zero-order chi connectivity index (χ0) is 20.6. The van der Waals surface area contributed by atoms with E-state index in [0.717, 1.165) is 5.56 Å². The van der Waals surface area contributed by atoms with Crippen molar-refractivity contribution in [2.75, 3.05) is 7.11 Å². The number of carbonyl (C=O) groups is 2. The Morgan fingerprint density at radius 3 is 2.28 bits per heavy atom. The lowest BCUT2D eigenvalue weighted by atomic mass is 9.87. The number of allylic oxidation sites excluding steroid dienone is 1. The van der Waals surface area contributed by atoms with Gasteiger partial charge in [-0.2, -0.15) is 0 Å². The Bertz CT molecular complexity index is 1010. The van der Waals surface area contributed by atoms with Crippen LogP contribution in [0, 0.1) is 5.92 Å². The Kier molecular flexibility index (Phi) is 6.59. The van der Waals surface area contributed by atoms with Crippen LogP contribution in [0.3, 0.4) is 0 Å². The quantitative estimate of drug-likeness (QED) is 0.345. The van der Waals surface area contributed by atoms with Gasteiger partial charge in [0.1, 0.15) is 0 Å². The minimum absolute atomic E-state index is 0.0252. The summed E-state index contributed by atoms with van der Waals surface area (Å²) < 4.78 is 5.09. The van der Waals surface area contributed by atoms with Crippen molar-refractivity contribution in [3.8, 4) is 11.5 Å². The predicted octanol–water partition coefficient (Wildman–Crippen LogP) is 4.72. The van der Waals surface area contributed by atoms with Crippen LogP contribution in [0.15, 0.2) is 84.9 Å². The number of aromatic hydroxyl groups is 1. The summed E-state index contributed by atoms with van der Waals surface area (Å²) in [5.74, 6) is -0.935. The highest BCUT2D eigenvalue weighted by molar-refractivity contribution is 6.15. The third-order valence-electron chi connectivity index (χ3n) is 4.64. The van der Waals surface area contributed by atoms with Gasteiger partial charge in [-0.05, 0) is 35.8 Å². The van der Waals surface area contributed by atoms with Crippen LogP contribution in [0.25, 0.3) is 6.08 Å². The number of ketones is 2. The van der Waals surface area contributed by atoms with Gasteiger partial charge in [0.05, 0.1) is 13.0 Å². The van der Waals surface area contributed by atoms with E-state index in [9.17, 15) is 14.7 Å². The minimum Gasteiger partial charge on any atom is -0.504 e. The van der Waals surface area contributed by atoms with E-state index in [1.165, 1.54) is 19.3 Å². The Hall–Kier alpha value is -3.66. The first-order valence-electron chi connectivity index (χ1n) is 9.30.